The van der Waals surface area contributed by atoms with E-state index in [1.807, 2.05) is 13.8 Å². The molecule has 10 heteroatoms. The second-order valence-electron chi connectivity index (χ2n) is 6.38. The molecule has 2 aromatic rings. The summed E-state index contributed by atoms with van der Waals surface area (Å²) in [6.45, 7) is 5.85. The Morgan fingerprint density at radius 3 is 2.25 bits per heavy atom. The molecule has 0 N–H and O–H groups in total. The van der Waals surface area contributed by atoms with Gasteiger partial charge in [0, 0.05) is 23.9 Å². The first-order valence-electron chi connectivity index (χ1n) is 9.88. The molecule has 0 aliphatic heterocycles. The van der Waals surface area contributed by atoms with Gasteiger partial charge in [0.05, 0.1) is 33.1 Å². The molecule has 0 aliphatic rings. The van der Waals surface area contributed by atoms with E-state index in [0.717, 1.165) is 4.42 Å². The fraction of sp³-hybridized carbons (Fsp3) is 0.364. The maximum Gasteiger partial charge on any atom is 0.276 e. The molecule has 0 spiro atoms. The molecule has 2 rings (SSSR count). The highest BCUT2D eigenvalue weighted by Crippen LogP contribution is 2.35. The Morgan fingerprint density at radius 2 is 1.66 bits per heavy atom. The maximum absolute atomic E-state index is 12.9. The number of amides is 1. The minimum absolute atomic E-state index is 0.237. The number of hydrogen-bond donors (Lipinski definition) is 0. The molecular formula is C22H26ClN3O6. The molecule has 172 valence electrons. The van der Waals surface area contributed by atoms with Crippen LogP contribution in [0.2, 0.25) is 0 Å². The number of methoxy groups -OCH3 is 2. The van der Waals surface area contributed by atoms with Crippen LogP contribution in [0.3, 0.4) is 0 Å². The van der Waals surface area contributed by atoms with E-state index >= 15 is 0 Å². The third-order valence-electron chi connectivity index (χ3n) is 4.23. The highest BCUT2D eigenvalue weighted by atomic mass is 35.5. The summed E-state index contributed by atoms with van der Waals surface area (Å²) < 4.78 is 22.3. The Morgan fingerprint density at radius 1 is 0.969 bits per heavy atom. The number of benzene rings is 2. The molecule has 1 atom stereocenters. The molecule has 0 aliphatic carbocycles. The van der Waals surface area contributed by atoms with Gasteiger partial charge in [-0.2, -0.15) is 10.2 Å². The Hall–Kier alpha value is -3.33. The van der Waals surface area contributed by atoms with E-state index < -0.39 is 17.7 Å². The number of ketones is 1. The predicted molar refractivity (Wildman–Crippen MR) is 121 cm³/mol. The first kappa shape index (κ1) is 24.9. The van der Waals surface area contributed by atoms with Crippen LogP contribution in [0, 0.1) is 0 Å². The normalized spacial score (nSPS) is 11.7. The second kappa shape index (κ2) is 11.9. The quantitative estimate of drug-likeness (QED) is 0.271. The number of nitrogens with zero attached hydrogens (tertiary/aromatic N) is 3. The van der Waals surface area contributed by atoms with E-state index in [2.05, 4.69) is 10.2 Å². The summed E-state index contributed by atoms with van der Waals surface area (Å²) >= 11 is 6.25. The summed E-state index contributed by atoms with van der Waals surface area (Å²) in [5, 5.41) is 7.99. The Bertz CT molecular complexity index is 982. The fourth-order valence-corrected chi connectivity index (χ4v) is 2.94. The molecule has 9 nitrogen and oxygen atoms in total. The van der Waals surface area contributed by atoms with Crippen molar-refractivity contribution in [2.45, 2.75) is 26.8 Å². The van der Waals surface area contributed by atoms with Crippen LogP contribution in [0.25, 0.3) is 0 Å². The van der Waals surface area contributed by atoms with Crippen molar-refractivity contribution >= 4 is 34.8 Å². The zero-order chi connectivity index (χ0) is 23.7. The van der Waals surface area contributed by atoms with Crippen molar-refractivity contribution in [3.63, 3.8) is 0 Å². The average Bonchev–Trinajstić information content (AvgIpc) is 2.79. The second-order valence-corrected chi connectivity index (χ2v) is 6.72. The van der Waals surface area contributed by atoms with Gasteiger partial charge >= 0.3 is 0 Å². The third-order valence-corrected chi connectivity index (χ3v) is 4.58. The molecule has 0 saturated carbocycles. The molecule has 0 fully saturated rings. The van der Waals surface area contributed by atoms with Crippen molar-refractivity contribution < 1.29 is 28.5 Å². The molecule has 32 heavy (non-hydrogen) atoms. The number of carbonyl (C=O) groups is 2. The van der Waals surface area contributed by atoms with Gasteiger partial charge in [-0.3, -0.25) is 9.59 Å². The van der Waals surface area contributed by atoms with E-state index in [1.165, 1.54) is 27.2 Å². The lowest BCUT2D eigenvalue weighted by Gasteiger charge is -2.19. The topological polar surface area (TPSA) is 99.0 Å². The SMILES string of the molecule is CCOc1ccc(N=NC(C(C)=O)C(=O)N(Cl)c2ccc(OC)cc2OC)cc1OCC. The highest BCUT2D eigenvalue weighted by molar-refractivity contribution is 6.39. The number of azo groups is 1. The minimum atomic E-state index is -1.44. The van der Waals surface area contributed by atoms with Crippen LogP contribution in [-0.4, -0.2) is 45.2 Å². The molecule has 0 bridgehead atoms. The molecule has 1 amide bonds. The largest absolute Gasteiger partial charge is 0.497 e. The monoisotopic (exact) mass is 463 g/mol. The molecule has 1 unspecified atom stereocenters. The van der Waals surface area contributed by atoms with E-state index in [0.29, 0.717) is 41.9 Å². The lowest BCUT2D eigenvalue weighted by molar-refractivity contribution is -0.126. The van der Waals surface area contributed by atoms with Crippen molar-refractivity contribution in [1.29, 1.82) is 0 Å². The van der Waals surface area contributed by atoms with Gasteiger partial charge in [-0.1, -0.05) is 0 Å². The van der Waals surface area contributed by atoms with E-state index in [4.69, 9.17) is 30.7 Å². The number of anilines is 1. The number of carbonyl (C=O) groups excluding carboxylic acids is 2. The van der Waals surface area contributed by atoms with Crippen molar-refractivity contribution in [2.24, 2.45) is 10.2 Å². The maximum atomic E-state index is 12.9. The highest BCUT2D eigenvalue weighted by Gasteiger charge is 2.30. The van der Waals surface area contributed by atoms with E-state index in [1.54, 1.807) is 30.3 Å². The van der Waals surface area contributed by atoms with Crippen LogP contribution in [0.4, 0.5) is 11.4 Å². The summed E-state index contributed by atoms with van der Waals surface area (Å²) in [5.74, 6) is 0.561. The van der Waals surface area contributed by atoms with Gasteiger partial charge in [-0.15, -0.1) is 0 Å². The van der Waals surface area contributed by atoms with Crippen molar-refractivity contribution in [3.05, 3.63) is 36.4 Å². The Labute approximate surface area is 192 Å². The first-order valence-corrected chi connectivity index (χ1v) is 10.2. The van der Waals surface area contributed by atoms with Gasteiger partial charge in [0.15, 0.2) is 17.3 Å². The van der Waals surface area contributed by atoms with Crippen LogP contribution in [-0.2, 0) is 9.59 Å². The van der Waals surface area contributed by atoms with E-state index in [-0.39, 0.29) is 5.69 Å². The summed E-state index contributed by atoms with van der Waals surface area (Å²) in [4.78, 5) is 25.1. The number of halogens is 1. The lowest BCUT2D eigenvalue weighted by Crippen LogP contribution is -2.36. The smallest absolute Gasteiger partial charge is 0.276 e. The van der Waals surface area contributed by atoms with Crippen LogP contribution >= 0.6 is 11.8 Å². The van der Waals surface area contributed by atoms with Crippen molar-refractivity contribution in [3.8, 4) is 23.0 Å². The minimum Gasteiger partial charge on any atom is -0.497 e. The molecule has 0 aromatic heterocycles. The van der Waals surface area contributed by atoms with Gasteiger partial charge in [-0.25, -0.2) is 4.42 Å². The van der Waals surface area contributed by atoms with Gasteiger partial charge in [0.2, 0.25) is 6.04 Å². The molecule has 2 aromatic carbocycles. The molecule has 0 heterocycles. The van der Waals surface area contributed by atoms with Crippen LogP contribution in [0.1, 0.15) is 20.8 Å². The molecule has 0 saturated heterocycles. The fourth-order valence-electron chi connectivity index (χ4n) is 2.70. The zero-order valence-electron chi connectivity index (χ0n) is 18.6. The van der Waals surface area contributed by atoms with Crippen LogP contribution in [0.15, 0.2) is 46.6 Å². The summed E-state index contributed by atoms with van der Waals surface area (Å²) in [7, 11) is 2.93. The van der Waals surface area contributed by atoms with Crippen molar-refractivity contribution in [2.75, 3.05) is 31.9 Å². The number of Topliss-reactive ketones (excluding diaryl/α,β-unsaturated/α-hetero) is 1. The Balaban J connectivity index is 2.30. The summed E-state index contributed by atoms with van der Waals surface area (Å²) in [6.07, 6.45) is 0. The van der Waals surface area contributed by atoms with Crippen molar-refractivity contribution in [1.82, 2.24) is 0 Å². The van der Waals surface area contributed by atoms with Gasteiger partial charge in [-0.05, 0) is 45.0 Å². The predicted octanol–water partition coefficient (Wildman–Crippen LogP) is 4.73. The third kappa shape index (κ3) is 6.10. The summed E-state index contributed by atoms with van der Waals surface area (Å²) in [5.41, 5.74) is 0.625. The van der Waals surface area contributed by atoms with Gasteiger partial charge in [0.25, 0.3) is 5.91 Å². The zero-order valence-corrected chi connectivity index (χ0v) is 19.4. The van der Waals surface area contributed by atoms with Crippen LogP contribution < -0.4 is 23.4 Å². The standard InChI is InChI=1S/C22H26ClN3O6/c1-6-31-18-11-8-15(12-20(18)32-7-2)24-25-21(14(3)27)22(28)26(23)17-10-9-16(29-4)13-19(17)30-5/h8-13,21H,6-7H2,1-5H3. The van der Waals surface area contributed by atoms with E-state index in [9.17, 15) is 9.59 Å². The van der Waals surface area contributed by atoms with Gasteiger partial charge < -0.3 is 18.9 Å². The van der Waals surface area contributed by atoms with Crippen LogP contribution in [0.5, 0.6) is 23.0 Å². The Kier molecular flexibility index (Phi) is 9.27. The first-order chi connectivity index (χ1) is 15.4. The lowest BCUT2D eigenvalue weighted by atomic mass is 10.2. The number of ether oxygens (including phenoxy) is 4. The summed E-state index contributed by atoms with van der Waals surface area (Å²) in [6, 6.07) is 8.22. The molecular weight excluding hydrogens is 438 g/mol. The average molecular weight is 464 g/mol. The van der Waals surface area contributed by atoms with Gasteiger partial charge in [0.1, 0.15) is 17.2 Å². The number of rotatable bonds is 11. The molecule has 0 radical (unpaired) electrons. The number of hydrogen-bond acceptors (Lipinski definition) is 8.